The van der Waals surface area contributed by atoms with Crippen molar-refractivity contribution in [1.82, 2.24) is 5.32 Å². The van der Waals surface area contributed by atoms with Crippen molar-refractivity contribution < 1.29 is 9.90 Å². The number of carbonyl (C=O) groups is 1. The third-order valence-electron chi connectivity index (χ3n) is 2.98. The predicted octanol–water partition coefficient (Wildman–Crippen LogP) is 2.95. The summed E-state index contributed by atoms with van der Waals surface area (Å²) in [6.07, 6.45) is 2.10. The van der Waals surface area contributed by atoms with E-state index in [-0.39, 0.29) is 18.6 Å². The molecule has 0 radical (unpaired) electrons. The second-order valence-corrected chi connectivity index (χ2v) is 6.48. The molecular weight excluding hydrogens is 270 g/mol. The van der Waals surface area contributed by atoms with Gasteiger partial charge in [0.25, 0.3) is 5.91 Å². The Hall–Kier alpha value is -1.31. The quantitative estimate of drug-likeness (QED) is 0.820. The van der Waals surface area contributed by atoms with Crippen LogP contribution in [0.4, 0.5) is 0 Å². The van der Waals surface area contributed by atoms with Crippen LogP contribution in [0.25, 0.3) is 0 Å². The Kier molecular flexibility index (Phi) is 6.77. The van der Waals surface area contributed by atoms with Gasteiger partial charge in [-0.15, -0.1) is 11.3 Å². The molecule has 0 fully saturated rings. The van der Waals surface area contributed by atoms with Crippen LogP contribution in [0.15, 0.2) is 6.07 Å². The summed E-state index contributed by atoms with van der Waals surface area (Å²) in [5, 5.41) is 11.7. The lowest BCUT2D eigenvalue weighted by Crippen LogP contribution is -2.32. The fourth-order valence-corrected chi connectivity index (χ4v) is 2.74. The Morgan fingerprint density at radius 2 is 2.10 bits per heavy atom. The lowest BCUT2D eigenvalue weighted by atomic mass is 10.0. The van der Waals surface area contributed by atoms with Gasteiger partial charge >= 0.3 is 0 Å². The van der Waals surface area contributed by atoms with Crippen LogP contribution >= 0.6 is 11.3 Å². The number of amides is 1. The monoisotopic (exact) mass is 293 g/mol. The minimum atomic E-state index is -0.162. The predicted molar refractivity (Wildman–Crippen MR) is 84.0 cm³/mol. The van der Waals surface area contributed by atoms with Gasteiger partial charge in [0.15, 0.2) is 0 Å². The van der Waals surface area contributed by atoms with E-state index in [1.165, 1.54) is 11.3 Å². The fourth-order valence-electron chi connectivity index (χ4n) is 1.79. The van der Waals surface area contributed by atoms with E-state index in [1.807, 2.05) is 19.9 Å². The van der Waals surface area contributed by atoms with Crippen molar-refractivity contribution in [3.05, 3.63) is 21.4 Å². The van der Waals surface area contributed by atoms with Gasteiger partial charge in [-0.05, 0) is 44.2 Å². The van der Waals surface area contributed by atoms with Crippen LogP contribution in [-0.4, -0.2) is 23.7 Å². The number of hydrogen-bond acceptors (Lipinski definition) is 3. The second kappa shape index (κ2) is 8.08. The van der Waals surface area contributed by atoms with E-state index >= 15 is 0 Å². The molecule has 1 rings (SSSR count). The van der Waals surface area contributed by atoms with Gasteiger partial charge in [0.05, 0.1) is 9.75 Å². The summed E-state index contributed by atoms with van der Waals surface area (Å²) >= 11 is 1.38. The summed E-state index contributed by atoms with van der Waals surface area (Å²) in [6, 6.07) is 2.04. The van der Waals surface area contributed by atoms with Crippen LogP contribution in [-0.2, 0) is 0 Å². The molecular formula is C16H23NO2S. The van der Waals surface area contributed by atoms with Crippen molar-refractivity contribution in [1.29, 1.82) is 0 Å². The van der Waals surface area contributed by atoms with Crippen molar-refractivity contribution >= 4 is 17.2 Å². The van der Waals surface area contributed by atoms with Crippen LogP contribution in [0.2, 0.25) is 0 Å². The van der Waals surface area contributed by atoms with Gasteiger partial charge in [-0.1, -0.05) is 25.7 Å². The molecule has 0 spiro atoms. The lowest BCUT2D eigenvalue weighted by molar-refractivity contribution is 0.0941. The first-order chi connectivity index (χ1) is 9.43. The number of aliphatic hydroxyl groups excluding tert-OH is 1. The largest absolute Gasteiger partial charge is 0.384 e. The van der Waals surface area contributed by atoms with Gasteiger partial charge in [0.1, 0.15) is 6.61 Å². The maximum absolute atomic E-state index is 12.1. The molecule has 1 aromatic heterocycles. The number of rotatable bonds is 5. The average Bonchev–Trinajstić information content (AvgIpc) is 2.75. The molecule has 3 nitrogen and oxygen atoms in total. The first-order valence-electron chi connectivity index (χ1n) is 6.95. The van der Waals surface area contributed by atoms with Crippen LogP contribution in [0, 0.1) is 24.7 Å². The van der Waals surface area contributed by atoms with Gasteiger partial charge in [-0.3, -0.25) is 4.79 Å². The Balaban J connectivity index is 2.64. The number of carbonyl (C=O) groups excluding carboxylic acids is 1. The minimum absolute atomic E-state index is 0.0357. The highest BCUT2D eigenvalue weighted by Gasteiger charge is 2.14. The standard InChI is InChI=1S/C16H23NO2S/c1-11(2)7-8-13(4)17-16(19)15-10-12(3)14(20-15)6-5-9-18/h10-11,13,18H,7-9H2,1-4H3,(H,17,19). The summed E-state index contributed by atoms with van der Waals surface area (Å²) in [5.74, 6) is 6.10. The molecule has 1 atom stereocenters. The van der Waals surface area contributed by atoms with E-state index in [0.717, 1.165) is 23.3 Å². The van der Waals surface area contributed by atoms with E-state index in [4.69, 9.17) is 5.11 Å². The van der Waals surface area contributed by atoms with Crippen LogP contribution < -0.4 is 5.32 Å². The van der Waals surface area contributed by atoms with Crippen molar-refractivity contribution in [2.45, 2.75) is 46.6 Å². The highest BCUT2D eigenvalue weighted by molar-refractivity contribution is 7.14. The van der Waals surface area contributed by atoms with Crippen molar-refractivity contribution in [2.75, 3.05) is 6.61 Å². The van der Waals surface area contributed by atoms with Crippen LogP contribution in [0.3, 0.4) is 0 Å². The molecule has 0 saturated heterocycles. The molecule has 0 aliphatic heterocycles. The van der Waals surface area contributed by atoms with E-state index in [1.54, 1.807) is 0 Å². The van der Waals surface area contributed by atoms with Gasteiger partial charge in [-0.25, -0.2) is 0 Å². The number of nitrogens with one attached hydrogen (secondary N) is 1. The molecule has 1 aromatic rings. The molecule has 4 heteroatoms. The number of thiophene rings is 1. The Labute approximate surface area is 125 Å². The smallest absolute Gasteiger partial charge is 0.261 e. The van der Waals surface area contributed by atoms with Crippen molar-refractivity contribution in [2.24, 2.45) is 5.92 Å². The van der Waals surface area contributed by atoms with E-state index in [2.05, 4.69) is 31.0 Å². The molecule has 1 heterocycles. The van der Waals surface area contributed by atoms with E-state index in [9.17, 15) is 4.79 Å². The number of aliphatic hydroxyl groups is 1. The number of aryl methyl sites for hydroxylation is 1. The molecule has 1 unspecified atom stereocenters. The molecule has 110 valence electrons. The van der Waals surface area contributed by atoms with Gasteiger partial charge in [0, 0.05) is 6.04 Å². The van der Waals surface area contributed by atoms with Crippen LogP contribution in [0.1, 0.15) is 53.7 Å². The number of hydrogen-bond donors (Lipinski definition) is 2. The molecule has 0 aromatic carbocycles. The fraction of sp³-hybridized carbons (Fsp3) is 0.562. The first-order valence-corrected chi connectivity index (χ1v) is 7.76. The van der Waals surface area contributed by atoms with Crippen LogP contribution in [0.5, 0.6) is 0 Å². The van der Waals surface area contributed by atoms with Gasteiger partial charge in [-0.2, -0.15) is 0 Å². The second-order valence-electron chi connectivity index (χ2n) is 5.43. The Bertz CT molecular complexity index is 508. The third-order valence-corrected chi connectivity index (χ3v) is 4.13. The minimum Gasteiger partial charge on any atom is -0.384 e. The topological polar surface area (TPSA) is 49.3 Å². The Morgan fingerprint density at radius 1 is 1.40 bits per heavy atom. The molecule has 20 heavy (non-hydrogen) atoms. The third kappa shape index (κ3) is 5.36. The molecule has 0 aliphatic rings. The molecule has 0 saturated carbocycles. The SMILES string of the molecule is Cc1cc(C(=O)NC(C)CCC(C)C)sc1C#CCO. The summed E-state index contributed by atoms with van der Waals surface area (Å²) in [7, 11) is 0. The van der Waals surface area contributed by atoms with Gasteiger partial charge < -0.3 is 10.4 Å². The molecule has 0 bridgehead atoms. The lowest BCUT2D eigenvalue weighted by Gasteiger charge is -2.14. The Morgan fingerprint density at radius 3 is 2.70 bits per heavy atom. The average molecular weight is 293 g/mol. The first kappa shape index (κ1) is 16.7. The maximum Gasteiger partial charge on any atom is 0.261 e. The summed E-state index contributed by atoms with van der Waals surface area (Å²) in [4.78, 5) is 13.7. The summed E-state index contributed by atoms with van der Waals surface area (Å²) in [5.41, 5.74) is 0.982. The molecule has 1 amide bonds. The molecule has 0 aliphatic carbocycles. The summed E-state index contributed by atoms with van der Waals surface area (Å²) in [6.45, 7) is 8.17. The maximum atomic E-state index is 12.1. The van der Waals surface area contributed by atoms with E-state index < -0.39 is 0 Å². The normalized spacial score (nSPS) is 11.9. The van der Waals surface area contributed by atoms with Crippen molar-refractivity contribution in [3.63, 3.8) is 0 Å². The summed E-state index contributed by atoms with van der Waals surface area (Å²) < 4.78 is 0. The highest BCUT2D eigenvalue weighted by Crippen LogP contribution is 2.21. The zero-order valence-electron chi connectivity index (χ0n) is 12.6. The zero-order valence-corrected chi connectivity index (χ0v) is 13.4. The zero-order chi connectivity index (χ0) is 15.1. The van der Waals surface area contributed by atoms with E-state index in [0.29, 0.717) is 10.8 Å². The molecule has 2 N–H and O–H groups in total. The van der Waals surface area contributed by atoms with Crippen molar-refractivity contribution in [3.8, 4) is 11.8 Å². The highest BCUT2D eigenvalue weighted by atomic mass is 32.1. The van der Waals surface area contributed by atoms with Gasteiger partial charge in [0.2, 0.25) is 0 Å².